The molecule has 98 valence electrons. The van der Waals surface area contributed by atoms with Crippen molar-refractivity contribution >= 4 is 17.3 Å². The van der Waals surface area contributed by atoms with Crippen LogP contribution in [0.5, 0.6) is 0 Å². The fraction of sp³-hybridized carbons (Fsp3) is 0.182. The second-order valence-electron chi connectivity index (χ2n) is 3.28. The number of nitrogens with two attached hydrogens (primary N) is 1. The van der Waals surface area contributed by atoms with Crippen LogP contribution in [0.15, 0.2) is 40.0 Å². The first kappa shape index (κ1) is 14.5. The molecule has 0 radical (unpaired) electrons. The zero-order valence-electron chi connectivity index (χ0n) is 9.22. The van der Waals surface area contributed by atoms with Crippen molar-refractivity contribution in [2.75, 3.05) is 7.05 Å². The predicted octanol–water partition coefficient (Wildman–Crippen LogP) is 3.22. The van der Waals surface area contributed by atoms with Gasteiger partial charge in [-0.2, -0.15) is 13.2 Å². The third-order valence-electron chi connectivity index (χ3n) is 2.10. The fourth-order valence-electron chi connectivity index (χ4n) is 1.24. The van der Waals surface area contributed by atoms with Gasteiger partial charge in [0.05, 0.1) is 10.7 Å². The molecule has 0 unspecified atom stereocenters. The Hall–Kier alpha value is -1.56. The van der Waals surface area contributed by atoms with E-state index >= 15 is 0 Å². The van der Waals surface area contributed by atoms with Gasteiger partial charge in [0.1, 0.15) is 11.5 Å². The number of rotatable bonds is 2. The van der Waals surface area contributed by atoms with Crippen LogP contribution in [0.1, 0.15) is 5.56 Å². The molecular weight excluding hydrogens is 272 g/mol. The summed E-state index contributed by atoms with van der Waals surface area (Å²) in [4.78, 5) is 3.56. The highest BCUT2D eigenvalue weighted by molar-refractivity contribution is 6.46. The van der Waals surface area contributed by atoms with Crippen molar-refractivity contribution < 1.29 is 17.6 Å². The highest BCUT2D eigenvalue weighted by atomic mass is 35.5. The van der Waals surface area contributed by atoms with E-state index in [1.807, 2.05) is 0 Å². The van der Waals surface area contributed by atoms with E-state index in [1.165, 1.54) is 25.2 Å². The maximum Gasteiger partial charge on any atom is 0.432 e. The maximum atomic E-state index is 13.5. The summed E-state index contributed by atoms with van der Waals surface area (Å²) < 4.78 is 50.7. The Morgan fingerprint density at radius 2 is 1.83 bits per heavy atom. The van der Waals surface area contributed by atoms with Gasteiger partial charge in [-0.05, 0) is 12.1 Å². The lowest BCUT2D eigenvalue weighted by molar-refractivity contribution is -0.0927. The van der Waals surface area contributed by atoms with E-state index in [0.29, 0.717) is 0 Å². The van der Waals surface area contributed by atoms with Gasteiger partial charge in [0, 0.05) is 12.6 Å². The second kappa shape index (κ2) is 5.39. The van der Waals surface area contributed by atoms with E-state index < -0.39 is 22.7 Å². The van der Waals surface area contributed by atoms with Crippen LogP contribution in [0.3, 0.4) is 0 Å². The van der Waals surface area contributed by atoms with Crippen molar-refractivity contribution in [1.29, 1.82) is 0 Å². The zero-order valence-corrected chi connectivity index (χ0v) is 9.98. The molecule has 0 saturated carbocycles. The Kier molecular flexibility index (Phi) is 4.34. The number of allylic oxidation sites excluding steroid dienone is 2. The quantitative estimate of drug-likeness (QED) is 0.655. The summed E-state index contributed by atoms with van der Waals surface area (Å²) in [5.74, 6) is -0.730. The topological polar surface area (TPSA) is 38.4 Å². The van der Waals surface area contributed by atoms with Crippen molar-refractivity contribution in [2.45, 2.75) is 6.18 Å². The van der Waals surface area contributed by atoms with Gasteiger partial charge in [-0.15, -0.1) is 0 Å². The molecule has 0 aliphatic heterocycles. The maximum absolute atomic E-state index is 13.5. The monoisotopic (exact) mass is 280 g/mol. The highest BCUT2D eigenvalue weighted by Gasteiger charge is 2.35. The molecule has 1 aromatic carbocycles. The molecule has 0 amide bonds. The molecule has 0 spiro atoms. The Labute approximate surface area is 106 Å². The van der Waals surface area contributed by atoms with Crippen LogP contribution in [-0.4, -0.2) is 18.9 Å². The normalized spacial score (nSPS) is 14.4. The van der Waals surface area contributed by atoms with Crippen molar-refractivity contribution in [3.63, 3.8) is 0 Å². The van der Waals surface area contributed by atoms with Crippen LogP contribution in [-0.2, 0) is 0 Å². The van der Waals surface area contributed by atoms with E-state index in [4.69, 9.17) is 17.3 Å². The minimum atomic E-state index is -4.79. The zero-order chi connectivity index (χ0) is 13.9. The van der Waals surface area contributed by atoms with Gasteiger partial charge in [-0.3, -0.25) is 4.99 Å². The first-order chi connectivity index (χ1) is 8.29. The predicted molar refractivity (Wildman–Crippen MR) is 62.0 cm³/mol. The molecule has 0 bridgehead atoms. The van der Waals surface area contributed by atoms with Gasteiger partial charge >= 0.3 is 6.18 Å². The average molecular weight is 281 g/mol. The van der Waals surface area contributed by atoms with Crippen LogP contribution < -0.4 is 5.73 Å². The van der Waals surface area contributed by atoms with Crippen LogP contribution in [0.2, 0.25) is 0 Å². The molecule has 0 aliphatic rings. The van der Waals surface area contributed by atoms with Crippen molar-refractivity contribution in [3.8, 4) is 0 Å². The lowest BCUT2D eigenvalue weighted by Crippen LogP contribution is -2.23. The minimum absolute atomic E-state index is 0.141. The summed E-state index contributed by atoms with van der Waals surface area (Å²) in [6.07, 6.45) is -4.79. The number of hydrogen-bond acceptors (Lipinski definition) is 2. The molecule has 0 saturated heterocycles. The summed E-state index contributed by atoms with van der Waals surface area (Å²) >= 11 is 5.53. The third-order valence-corrected chi connectivity index (χ3v) is 2.48. The van der Waals surface area contributed by atoms with E-state index in [0.717, 1.165) is 6.07 Å². The van der Waals surface area contributed by atoms with Gasteiger partial charge in [-0.1, -0.05) is 23.7 Å². The smallest absolute Gasteiger partial charge is 0.393 e. The molecule has 0 aromatic heterocycles. The van der Waals surface area contributed by atoms with Crippen molar-refractivity contribution in [2.24, 2.45) is 10.7 Å². The summed E-state index contributed by atoms with van der Waals surface area (Å²) in [7, 11) is 1.20. The second-order valence-corrected chi connectivity index (χ2v) is 3.66. The largest absolute Gasteiger partial charge is 0.432 e. The summed E-state index contributed by atoms with van der Waals surface area (Å²) in [6.45, 7) is 0. The Balaban J connectivity index is 3.35. The molecule has 0 heterocycles. The van der Waals surface area contributed by atoms with Gasteiger partial charge < -0.3 is 5.73 Å². The number of hydrogen-bond donors (Lipinski definition) is 1. The first-order valence-electron chi connectivity index (χ1n) is 4.73. The minimum Gasteiger partial charge on any atom is -0.393 e. The van der Waals surface area contributed by atoms with E-state index in [2.05, 4.69) is 4.99 Å². The van der Waals surface area contributed by atoms with Gasteiger partial charge in [0.15, 0.2) is 0 Å². The summed E-state index contributed by atoms with van der Waals surface area (Å²) in [5, 5.41) is -0.824. The molecule has 0 fully saturated rings. The van der Waals surface area contributed by atoms with E-state index in [-0.39, 0.29) is 11.3 Å². The van der Waals surface area contributed by atoms with Crippen LogP contribution in [0.4, 0.5) is 17.6 Å². The Bertz CT molecular complexity index is 506. The molecule has 2 nitrogen and oxygen atoms in total. The molecule has 0 atom stereocenters. The highest BCUT2D eigenvalue weighted by Crippen LogP contribution is 2.28. The van der Waals surface area contributed by atoms with Gasteiger partial charge in [-0.25, -0.2) is 4.39 Å². The first-order valence-corrected chi connectivity index (χ1v) is 5.11. The lowest BCUT2D eigenvalue weighted by Gasteiger charge is -2.12. The molecule has 7 heteroatoms. The Morgan fingerprint density at radius 1 is 1.28 bits per heavy atom. The van der Waals surface area contributed by atoms with Crippen molar-refractivity contribution in [3.05, 3.63) is 46.4 Å². The standard InChI is InChI=1S/C11H9ClF4N2/c1-18-9(6-4-2-3-5-7(6)13)8(12)10(17)11(14,15)16/h2-5H,17H2,1H3. The number of nitrogens with zero attached hydrogens (tertiary/aromatic N) is 1. The molecule has 2 N–H and O–H groups in total. The number of aliphatic imine (C=N–C) groups is 1. The van der Waals surface area contributed by atoms with E-state index in [9.17, 15) is 17.6 Å². The molecule has 1 rings (SSSR count). The van der Waals surface area contributed by atoms with Crippen molar-refractivity contribution in [1.82, 2.24) is 0 Å². The number of benzene rings is 1. The SMILES string of the molecule is CN=C(C(Cl)=C(N)C(F)(F)F)c1ccccc1F. The van der Waals surface area contributed by atoms with Gasteiger partial charge in [0.25, 0.3) is 0 Å². The van der Waals surface area contributed by atoms with E-state index in [1.54, 1.807) is 0 Å². The molecule has 1 aromatic rings. The fourth-order valence-corrected chi connectivity index (χ4v) is 1.54. The number of alkyl halides is 3. The molecular formula is C11H9ClF4N2. The third kappa shape index (κ3) is 3.01. The molecule has 18 heavy (non-hydrogen) atoms. The lowest BCUT2D eigenvalue weighted by atomic mass is 10.1. The van der Waals surface area contributed by atoms with Crippen LogP contribution in [0, 0.1) is 5.82 Å². The molecule has 0 aliphatic carbocycles. The Morgan fingerprint density at radius 3 is 2.28 bits per heavy atom. The summed E-state index contributed by atoms with van der Waals surface area (Å²) in [5.41, 5.74) is 2.89. The number of halogens is 5. The van der Waals surface area contributed by atoms with Gasteiger partial charge in [0.2, 0.25) is 0 Å². The average Bonchev–Trinajstić information content (AvgIpc) is 2.30. The van der Waals surface area contributed by atoms with Crippen LogP contribution in [0.25, 0.3) is 0 Å². The summed E-state index contributed by atoms with van der Waals surface area (Å²) in [6, 6.07) is 5.21. The van der Waals surface area contributed by atoms with Crippen LogP contribution >= 0.6 is 11.6 Å².